The smallest absolute Gasteiger partial charge is 0.417 e. The van der Waals surface area contributed by atoms with Gasteiger partial charge in [0.1, 0.15) is 17.1 Å². The second-order valence-corrected chi connectivity index (χ2v) is 12.1. The molecule has 42 heavy (non-hydrogen) atoms. The minimum Gasteiger partial charge on any atom is -0.443 e. The fourth-order valence-corrected chi connectivity index (χ4v) is 6.30. The molecule has 0 spiro atoms. The first-order valence-corrected chi connectivity index (χ1v) is 14.2. The highest BCUT2D eigenvalue weighted by atomic mass is 16.6. The fourth-order valence-electron chi connectivity index (χ4n) is 6.30. The lowest BCUT2D eigenvalue weighted by Crippen LogP contribution is -2.37. The van der Waals surface area contributed by atoms with Crippen molar-refractivity contribution in [2.45, 2.75) is 45.4 Å². The first-order valence-electron chi connectivity index (χ1n) is 14.2. The number of imide groups is 1. The van der Waals surface area contributed by atoms with Crippen LogP contribution in [-0.2, 0) is 18.3 Å². The van der Waals surface area contributed by atoms with E-state index in [4.69, 9.17) is 14.7 Å². The maximum atomic E-state index is 13.9. The van der Waals surface area contributed by atoms with Crippen LogP contribution in [0.5, 0.6) is 0 Å². The summed E-state index contributed by atoms with van der Waals surface area (Å²) in [5.41, 5.74) is 2.94. The van der Waals surface area contributed by atoms with Crippen LogP contribution < -0.4 is 15.5 Å². The molecule has 2 fully saturated rings. The van der Waals surface area contributed by atoms with Gasteiger partial charge in [0.15, 0.2) is 5.82 Å². The molecule has 0 saturated carbocycles. The lowest BCUT2D eigenvalue weighted by Gasteiger charge is -2.24. The van der Waals surface area contributed by atoms with Gasteiger partial charge >= 0.3 is 6.09 Å². The monoisotopic (exact) mass is 567 g/mol. The Balaban J connectivity index is 1.28. The number of hydrogen-bond acceptors (Lipinski definition) is 10. The van der Waals surface area contributed by atoms with E-state index in [0.717, 1.165) is 53.4 Å². The highest BCUT2D eigenvalue weighted by Gasteiger charge is 2.40. The van der Waals surface area contributed by atoms with Crippen LogP contribution in [0.4, 0.5) is 22.1 Å². The lowest BCUT2D eigenvalue weighted by molar-refractivity contribution is 0.0248. The van der Waals surface area contributed by atoms with Crippen LogP contribution in [0.3, 0.4) is 0 Å². The Labute approximate surface area is 243 Å². The van der Waals surface area contributed by atoms with Crippen molar-refractivity contribution in [3.8, 4) is 11.3 Å². The maximum Gasteiger partial charge on any atom is 0.417 e. The van der Waals surface area contributed by atoms with Crippen LogP contribution in [0.15, 0.2) is 43.1 Å². The number of ether oxygens (including phenoxy) is 1. The molecule has 0 bridgehead atoms. The molecule has 3 aliphatic heterocycles. The minimum absolute atomic E-state index is 0.0349. The normalized spacial score (nSPS) is 19.9. The third-order valence-corrected chi connectivity index (χ3v) is 8.22. The summed E-state index contributed by atoms with van der Waals surface area (Å²) in [4.78, 5) is 49.1. The van der Waals surface area contributed by atoms with Crippen LogP contribution in [0.1, 0.15) is 43.1 Å². The molecule has 12 heteroatoms. The summed E-state index contributed by atoms with van der Waals surface area (Å²) in [7, 11) is 1.93. The van der Waals surface area contributed by atoms with Crippen molar-refractivity contribution in [1.29, 1.82) is 0 Å². The molecule has 0 radical (unpaired) electrons. The van der Waals surface area contributed by atoms with Gasteiger partial charge in [0.25, 0.3) is 5.91 Å². The van der Waals surface area contributed by atoms with Crippen LogP contribution in [-0.4, -0.2) is 72.7 Å². The van der Waals surface area contributed by atoms with E-state index in [2.05, 4.69) is 25.5 Å². The number of amides is 2. The van der Waals surface area contributed by atoms with E-state index in [1.165, 1.54) is 0 Å². The minimum atomic E-state index is -0.755. The molecule has 2 atom stereocenters. The predicted octanol–water partition coefficient (Wildman–Crippen LogP) is 3.86. The van der Waals surface area contributed by atoms with Gasteiger partial charge in [0, 0.05) is 61.6 Å². The summed E-state index contributed by atoms with van der Waals surface area (Å²) in [6.07, 6.45) is 9.12. The van der Waals surface area contributed by atoms with Gasteiger partial charge in [-0.2, -0.15) is 0 Å². The van der Waals surface area contributed by atoms with Crippen molar-refractivity contribution in [2.75, 3.05) is 29.9 Å². The Bertz CT molecular complexity index is 1730. The number of aryl methyl sites for hydroxylation is 1. The van der Waals surface area contributed by atoms with Gasteiger partial charge in [-0.25, -0.2) is 19.7 Å². The molecule has 216 valence electrons. The number of hydrogen-bond donors (Lipinski definition) is 2. The first-order chi connectivity index (χ1) is 20.2. The summed E-state index contributed by atoms with van der Waals surface area (Å²) in [6.45, 7) is 8.26. The van der Waals surface area contributed by atoms with E-state index in [0.29, 0.717) is 40.3 Å². The Hall–Kier alpha value is -4.58. The Morgan fingerprint density at radius 2 is 2.00 bits per heavy atom. The van der Waals surface area contributed by atoms with E-state index in [1.807, 2.05) is 29.9 Å². The zero-order valence-corrected chi connectivity index (χ0v) is 24.1. The van der Waals surface area contributed by atoms with Gasteiger partial charge < -0.3 is 24.8 Å². The first kappa shape index (κ1) is 26.3. The highest BCUT2D eigenvalue weighted by Crippen LogP contribution is 2.39. The quantitative estimate of drug-likeness (QED) is 0.375. The topological polar surface area (TPSA) is 130 Å². The molecule has 0 aliphatic carbocycles. The Kier molecular flexibility index (Phi) is 6.12. The molecular formula is C30H33N9O3. The average Bonchev–Trinajstić information content (AvgIpc) is 3.72. The molecular weight excluding hydrogens is 534 g/mol. The molecule has 12 nitrogen and oxygen atoms in total. The van der Waals surface area contributed by atoms with Crippen LogP contribution in [0, 0.1) is 5.92 Å². The molecule has 4 aromatic heterocycles. The lowest BCUT2D eigenvalue weighted by atomic mass is 10.0. The zero-order valence-electron chi connectivity index (χ0n) is 24.1. The van der Waals surface area contributed by atoms with Gasteiger partial charge in [0.2, 0.25) is 0 Å². The number of anilines is 3. The number of fused-ring (bicyclic) bond motifs is 3. The fraction of sp³-hybridized carbons (Fsp3) is 0.400. The second-order valence-electron chi connectivity index (χ2n) is 12.1. The van der Waals surface area contributed by atoms with Crippen molar-refractivity contribution in [2.24, 2.45) is 13.0 Å². The van der Waals surface area contributed by atoms with Gasteiger partial charge in [-0.15, -0.1) is 0 Å². The summed E-state index contributed by atoms with van der Waals surface area (Å²) in [6, 6.07) is 4.26. The predicted molar refractivity (Wildman–Crippen MR) is 157 cm³/mol. The number of aromatic nitrogens is 5. The number of nitrogens with one attached hydrogen (secondary N) is 2. The number of nitrogens with zero attached hydrogens (tertiary/aromatic N) is 7. The SMILES string of the molecule is Cn1ccc2c(-c3ncc(Nc4cncc(N5CC[C@@H]6CNC[C@@H]65)n4)c4c3CN(C(=O)OC(C)(C)C)C4=O)ccnc21. The van der Waals surface area contributed by atoms with E-state index in [-0.39, 0.29) is 6.54 Å². The molecule has 3 aliphatic rings. The maximum absolute atomic E-state index is 13.9. The standard InChI is InChI=1S/C30H33N9O3/c1-30(2,3)42-29(41)39-16-20-25(28(39)40)21(12-34-26(20)18-5-8-33-27-19(18)7-9-37(27)4)35-23-14-32-15-24(36-23)38-10-6-17-11-31-13-22(17)38/h5,7-9,12,14-15,17,22,31H,6,10-11,13,16H2,1-4H3,(H,35,36)/t17-,22+/m1/s1. The van der Waals surface area contributed by atoms with Gasteiger partial charge in [0.05, 0.1) is 42.1 Å². The van der Waals surface area contributed by atoms with Crippen molar-refractivity contribution in [3.63, 3.8) is 0 Å². The number of pyridine rings is 2. The van der Waals surface area contributed by atoms with Crippen LogP contribution >= 0.6 is 0 Å². The van der Waals surface area contributed by atoms with E-state index in [9.17, 15) is 9.59 Å². The van der Waals surface area contributed by atoms with Crippen LogP contribution in [0.25, 0.3) is 22.3 Å². The second kappa shape index (κ2) is 9.76. The van der Waals surface area contributed by atoms with Crippen molar-refractivity contribution >= 4 is 40.4 Å². The summed E-state index contributed by atoms with van der Waals surface area (Å²) in [5, 5.41) is 7.67. The van der Waals surface area contributed by atoms with Crippen molar-refractivity contribution in [1.82, 2.24) is 34.7 Å². The third-order valence-electron chi connectivity index (χ3n) is 8.22. The molecule has 7 heterocycles. The van der Waals surface area contributed by atoms with Crippen molar-refractivity contribution in [3.05, 3.63) is 54.2 Å². The van der Waals surface area contributed by atoms with Crippen molar-refractivity contribution < 1.29 is 14.3 Å². The van der Waals surface area contributed by atoms with Crippen LogP contribution in [0.2, 0.25) is 0 Å². The number of rotatable bonds is 4. The third kappa shape index (κ3) is 4.42. The summed E-state index contributed by atoms with van der Waals surface area (Å²) >= 11 is 0. The Morgan fingerprint density at radius 3 is 2.83 bits per heavy atom. The number of carbonyl (C=O) groups is 2. The van der Waals surface area contributed by atoms with E-state index < -0.39 is 17.6 Å². The zero-order chi connectivity index (χ0) is 29.2. The van der Waals surface area contributed by atoms with E-state index in [1.54, 1.807) is 45.6 Å². The molecule has 2 N–H and O–H groups in total. The molecule has 0 aromatic carbocycles. The van der Waals surface area contributed by atoms with E-state index >= 15 is 0 Å². The average molecular weight is 568 g/mol. The van der Waals surface area contributed by atoms with Gasteiger partial charge in [-0.1, -0.05) is 0 Å². The largest absolute Gasteiger partial charge is 0.443 e. The molecule has 7 rings (SSSR count). The summed E-state index contributed by atoms with van der Waals surface area (Å²) < 4.78 is 7.52. The van der Waals surface area contributed by atoms with Gasteiger partial charge in [-0.3, -0.25) is 14.8 Å². The number of carbonyl (C=O) groups excluding carboxylic acids is 2. The highest BCUT2D eigenvalue weighted by molar-refractivity contribution is 6.12. The molecule has 0 unspecified atom stereocenters. The van der Waals surface area contributed by atoms with Gasteiger partial charge in [-0.05, 0) is 45.2 Å². The Morgan fingerprint density at radius 1 is 1.14 bits per heavy atom. The molecule has 2 saturated heterocycles. The molecule has 2 amide bonds. The molecule has 4 aromatic rings. The summed E-state index contributed by atoms with van der Waals surface area (Å²) in [5.74, 6) is 1.45.